The van der Waals surface area contributed by atoms with Crippen molar-refractivity contribution in [3.63, 3.8) is 0 Å². The highest BCUT2D eigenvalue weighted by Crippen LogP contribution is 2.37. The highest BCUT2D eigenvalue weighted by atomic mass is 16.7. The van der Waals surface area contributed by atoms with Gasteiger partial charge in [-0.2, -0.15) is 0 Å². The average Bonchev–Trinajstić information content (AvgIpc) is 3.72. The molecule has 12 heteroatoms. The summed E-state index contributed by atoms with van der Waals surface area (Å²) in [6.07, 6.45) is -4.71. The number of nitrogens with zero attached hydrogens (tertiary/aromatic N) is 5. The number of esters is 3. The molecule has 3 heterocycles. The molecule has 246 valence electrons. The van der Waals surface area contributed by atoms with Gasteiger partial charge in [0.1, 0.15) is 18.2 Å². The highest BCUT2D eigenvalue weighted by Gasteiger charge is 2.52. The Kier molecular flexibility index (Phi) is 8.11. The van der Waals surface area contributed by atoms with Crippen molar-refractivity contribution in [2.24, 2.45) is 0 Å². The van der Waals surface area contributed by atoms with Gasteiger partial charge in [-0.1, -0.05) is 71.9 Å². The maximum Gasteiger partial charge on any atom is 0.338 e. The molecule has 4 atom stereocenters. The fourth-order valence-corrected chi connectivity index (χ4v) is 5.90. The van der Waals surface area contributed by atoms with Crippen LogP contribution in [0, 0.1) is 0 Å². The van der Waals surface area contributed by atoms with E-state index in [2.05, 4.69) is 10.3 Å². The first-order chi connectivity index (χ1) is 24.5. The Morgan fingerprint density at radius 3 is 1.66 bits per heavy atom. The Labute approximate surface area is 284 Å². The number of carbonyl (C=O) groups is 3. The van der Waals surface area contributed by atoms with Crippen molar-refractivity contribution >= 4 is 51.0 Å². The number of hydrogen-bond donors (Lipinski definition) is 0. The van der Waals surface area contributed by atoms with E-state index in [9.17, 15) is 14.4 Å². The van der Waals surface area contributed by atoms with Crippen LogP contribution < -0.4 is 0 Å². The molecule has 5 aromatic carbocycles. The van der Waals surface area contributed by atoms with Gasteiger partial charge >= 0.3 is 17.9 Å². The zero-order valence-electron chi connectivity index (χ0n) is 26.2. The molecule has 12 nitrogen and oxygen atoms in total. The molecule has 0 radical (unpaired) electrons. The summed E-state index contributed by atoms with van der Waals surface area (Å²) in [6, 6.07) is 36.3. The standard InChI is InChI=1S/C38H27N5O7/c44-36(23-12-4-1-5-13-23)47-22-32-33(49-37(45)24-14-6-2-7-15-24)34(50-38(46)25-16-8-3-9-17-25)35(48-32)43-31-21-29-28(20-30(31)41-42-43)39-26-18-10-11-19-27(26)40-29/h1-21,32-35H,22H2. The fraction of sp³-hybridized carbons (Fsp3) is 0.132. The number of benzene rings is 5. The van der Waals surface area contributed by atoms with E-state index in [1.54, 1.807) is 103 Å². The topological polar surface area (TPSA) is 145 Å². The minimum atomic E-state index is -1.25. The first kappa shape index (κ1) is 30.8. The number of hydrogen-bond acceptors (Lipinski definition) is 11. The minimum Gasteiger partial charge on any atom is -0.459 e. The summed E-state index contributed by atoms with van der Waals surface area (Å²) >= 11 is 0. The van der Waals surface area contributed by atoms with E-state index >= 15 is 0 Å². The molecule has 8 rings (SSSR count). The average molecular weight is 666 g/mol. The van der Waals surface area contributed by atoms with E-state index in [1.165, 1.54) is 4.68 Å². The van der Waals surface area contributed by atoms with Crippen molar-refractivity contribution in [1.29, 1.82) is 0 Å². The molecular weight excluding hydrogens is 638 g/mol. The summed E-state index contributed by atoms with van der Waals surface area (Å²) in [5.74, 6) is -1.97. The fourth-order valence-electron chi connectivity index (χ4n) is 5.90. The molecule has 0 bridgehead atoms. The van der Waals surface area contributed by atoms with Gasteiger partial charge in [-0.15, -0.1) is 5.10 Å². The number of ether oxygens (including phenoxy) is 4. The zero-order valence-corrected chi connectivity index (χ0v) is 26.2. The van der Waals surface area contributed by atoms with Gasteiger partial charge in [-0.05, 0) is 60.7 Å². The monoisotopic (exact) mass is 665 g/mol. The van der Waals surface area contributed by atoms with Gasteiger partial charge in [-0.3, -0.25) is 0 Å². The Morgan fingerprint density at radius 2 is 1.08 bits per heavy atom. The summed E-state index contributed by atoms with van der Waals surface area (Å²) in [6.45, 7) is -0.330. The van der Waals surface area contributed by atoms with Gasteiger partial charge < -0.3 is 18.9 Å². The van der Waals surface area contributed by atoms with Crippen molar-refractivity contribution in [2.75, 3.05) is 6.61 Å². The number of aromatic nitrogens is 5. The Hall–Kier alpha value is -6.53. The smallest absolute Gasteiger partial charge is 0.338 e. The number of carbonyl (C=O) groups excluding carboxylic acids is 3. The van der Waals surface area contributed by atoms with Crippen molar-refractivity contribution < 1.29 is 33.3 Å². The normalized spacial score (nSPS) is 18.6. The van der Waals surface area contributed by atoms with Crippen LogP contribution in [0.3, 0.4) is 0 Å². The molecule has 1 fully saturated rings. The lowest BCUT2D eigenvalue weighted by Gasteiger charge is -2.24. The summed E-state index contributed by atoms with van der Waals surface area (Å²) in [4.78, 5) is 49.6. The van der Waals surface area contributed by atoms with E-state index in [0.29, 0.717) is 33.1 Å². The number of para-hydroxylation sites is 2. The van der Waals surface area contributed by atoms with Gasteiger partial charge in [0.2, 0.25) is 0 Å². The van der Waals surface area contributed by atoms with E-state index in [4.69, 9.17) is 28.9 Å². The van der Waals surface area contributed by atoms with Crippen LogP contribution in [-0.2, 0) is 18.9 Å². The van der Waals surface area contributed by atoms with E-state index in [-0.39, 0.29) is 17.7 Å². The Morgan fingerprint density at radius 1 is 0.580 bits per heavy atom. The van der Waals surface area contributed by atoms with Crippen LogP contribution >= 0.6 is 0 Å². The van der Waals surface area contributed by atoms with Gasteiger partial charge in [0.05, 0.1) is 44.3 Å². The second-order valence-electron chi connectivity index (χ2n) is 11.6. The first-order valence-electron chi connectivity index (χ1n) is 15.8. The third kappa shape index (κ3) is 5.99. The molecule has 0 saturated carbocycles. The maximum atomic E-state index is 13.6. The molecule has 0 N–H and O–H groups in total. The Balaban J connectivity index is 1.20. The maximum absolute atomic E-state index is 13.6. The largest absolute Gasteiger partial charge is 0.459 e. The van der Waals surface area contributed by atoms with Crippen LogP contribution in [0.2, 0.25) is 0 Å². The van der Waals surface area contributed by atoms with Crippen LogP contribution in [0.5, 0.6) is 0 Å². The van der Waals surface area contributed by atoms with Crippen molar-refractivity contribution in [2.45, 2.75) is 24.5 Å². The first-order valence-corrected chi connectivity index (χ1v) is 15.8. The predicted molar refractivity (Wildman–Crippen MR) is 180 cm³/mol. The Bertz CT molecular complexity index is 2350. The zero-order chi connectivity index (χ0) is 34.0. The predicted octanol–water partition coefficient (Wildman–Crippen LogP) is 5.73. The SMILES string of the molecule is O=C(OCC1OC(n2nnc3cc4nc5ccccc5nc4cc32)C(OC(=O)c2ccccc2)C1OC(=O)c1ccccc1)c1ccccc1. The molecule has 0 amide bonds. The van der Waals surface area contributed by atoms with Gasteiger partial charge in [0.25, 0.3) is 0 Å². The van der Waals surface area contributed by atoms with Gasteiger partial charge in [-0.25, -0.2) is 29.0 Å². The second kappa shape index (κ2) is 13.2. The molecule has 4 unspecified atom stereocenters. The van der Waals surface area contributed by atoms with Gasteiger partial charge in [0, 0.05) is 0 Å². The molecule has 2 aromatic heterocycles. The van der Waals surface area contributed by atoms with E-state index in [0.717, 1.165) is 5.52 Å². The molecule has 1 aliphatic rings. The van der Waals surface area contributed by atoms with Crippen LogP contribution in [0.1, 0.15) is 37.3 Å². The van der Waals surface area contributed by atoms with E-state index in [1.807, 2.05) is 24.3 Å². The van der Waals surface area contributed by atoms with Crippen LogP contribution in [-0.4, -0.2) is 67.8 Å². The highest BCUT2D eigenvalue weighted by molar-refractivity contribution is 5.95. The summed E-state index contributed by atoms with van der Waals surface area (Å²) in [5, 5.41) is 8.77. The third-order valence-electron chi connectivity index (χ3n) is 8.35. The number of rotatable bonds is 8. The quantitative estimate of drug-likeness (QED) is 0.111. The molecule has 1 saturated heterocycles. The van der Waals surface area contributed by atoms with Crippen molar-refractivity contribution in [1.82, 2.24) is 25.0 Å². The second-order valence-corrected chi connectivity index (χ2v) is 11.6. The lowest BCUT2D eigenvalue weighted by molar-refractivity contribution is -0.0659. The van der Waals surface area contributed by atoms with Crippen LogP contribution in [0.25, 0.3) is 33.1 Å². The number of fused-ring (bicyclic) bond motifs is 3. The van der Waals surface area contributed by atoms with Crippen molar-refractivity contribution in [3.05, 3.63) is 144 Å². The molecule has 7 aromatic rings. The van der Waals surface area contributed by atoms with Crippen LogP contribution in [0.15, 0.2) is 127 Å². The molecular formula is C38H27N5O7. The van der Waals surface area contributed by atoms with Gasteiger partial charge in [0.15, 0.2) is 18.4 Å². The third-order valence-corrected chi connectivity index (χ3v) is 8.35. The lowest BCUT2D eigenvalue weighted by atomic mass is 10.1. The summed E-state index contributed by atoms with van der Waals surface area (Å²) in [5.41, 5.74) is 4.49. The molecule has 1 aliphatic heterocycles. The minimum absolute atomic E-state index is 0.271. The molecule has 50 heavy (non-hydrogen) atoms. The van der Waals surface area contributed by atoms with E-state index < -0.39 is 42.4 Å². The van der Waals surface area contributed by atoms with Crippen molar-refractivity contribution in [3.8, 4) is 0 Å². The molecule has 0 spiro atoms. The molecule has 0 aliphatic carbocycles. The summed E-state index contributed by atoms with van der Waals surface area (Å²) < 4.78 is 25.7. The van der Waals surface area contributed by atoms with Crippen LogP contribution in [0.4, 0.5) is 0 Å². The lowest BCUT2D eigenvalue weighted by Crippen LogP contribution is -2.41. The summed E-state index contributed by atoms with van der Waals surface area (Å²) in [7, 11) is 0.